The molecule has 0 unspecified atom stereocenters. The van der Waals surface area contributed by atoms with Crippen molar-refractivity contribution in [2.24, 2.45) is 0 Å². The Bertz CT molecular complexity index is 394. The van der Waals surface area contributed by atoms with E-state index in [1.165, 1.54) is 11.0 Å². The molecule has 2 rings (SSSR count). The molecule has 0 saturated carbocycles. The molecule has 5 heteroatoms. The molecule has 1 fully saturated rings. The second-order valence-corrected chi connectivity index (χ2v) is 5.77. The van der Waals surface area contributed by atoms with Crippen LogP contribution in [-0.4, -0.2) is 29.5 Å². The van der Waals surface area contributed by atoms with Crippen molar-refractivity contribution in [2.45, 2.75) is 11.0 Å². The maximum absolute atomic E-state index is 10.3. The zero-order chi connectivity index (χ0) is 11.4. The first-order valence-electron chi connectivity index (χ1n) is 4.92. The molecule has 16 heavy (non-hydrogen) atoms. The summed E-state index contributed by atoms with van der Waals surface area (Å²) in [5.74, 6) is 0.0771. The van der Waals surface area contributed by atoms with Crippen molar-refractivity contribution in [3.63, 3.8) is 0 Å². The second kappa shape index (κ2) is 5.52. The number of carboxylic acids is 1. The summed E-state index contributed by atoms with van der Waals surface area (Å²) in [6.07, 6.45) is 2.79. The van der Waals surface area contributed by atoms with Gasteiger partial charge in [-0.1, -0.05) is 0 Å². The summed E-state index contributed by atoms with van der Waals surface area (Å²) in [6, 6.07) is 2.04. The van der Waals surface area contributed by atoms with Crippen molar-refractivity contribution in [1.29, 1.82) is 0 Å². The van der Waals surface area contributed by atoms with Gasteiger partial charge >= 0.3 is 5.97 Å². The normalized spacial score (nSPS) is 16.5. The van der Waals surface area contributed by atoms with Gasteiger partial charge in [0.25, 0.3) is 0 Å². The lowest BCUT2D eigenvalue weighted by Gasteiger charge is -2.24. The van der Waals surface area contributed by atoms with E-state index in [1.54, 1.807) is 17.4 Å². The highest BCUT2D eigenvalue weighted by atomic mass is 32.2. The van der Waals surface area contributed by atoms with Crippen LogP contribution in [0, 0.1) is 0 Å². The van der Waals surface area contributed by atoms with Crippen LogP contribution in [0.2, 0.25) is 0 Å². The molecular weight excluding hydrogens is 244 g/mol. The van der Waals surface area contributed by atoms with Gasteiger partial charge in [0.1, 0.15) is 0 Å². The summed E-state index contributed by atoms with van der Waals surface area (Å²) in [7, 11) is 0. The molecule has 1 N–H and O–H groups in total. The predicted molar refractivity (Wildman–Crippen MR) is 66.9 cm³/mol. The average molecular weight is 256 g/mol. The van der Waals surface area contributed by atoms with Crippen LogP contribution in [0.1, 0.15) is 10.4 Å². The molecule has 0 radical (unpaired) electrons. The monoisotopic (exact) mass is 256 g/mol. The number of hydrogen-bond acceptors (Lipinski definition) is 4. The minimum Gasteiger partial charge on any atom is -0.478 e. The third-order valence-electron chi connectivity index (χ3n) is 2.16. The summed E-state index contributed by atoms with van der Waals surface area (Å²) < 4.78 is 5.10. The summed E-state index contributed by atoms with van der Waals surface area (Å²) in [4.78, 5) is 11.6. The predicted octanol–water partition coefficient (Wildman–Crippen LogP) is 2.48. The Balaban J connectivity index is 1.83. The van der Waals surface area contributed by atoms with Crippen molar-refractivity contribution in [1.82, 2.24) is 0 Å². The van der Waals surface area contributed by atoms with Crippen LogP contribution in [0.5, 0.6) is 0 Å². The summed E-state index contributed by atoms with van der Waals surface area (Å²) in [5.41, 5.74) is 0.966. The first-order chi connectivity index (χ1) is 7.74. The van der Waals surface area contributed by atoms with E-state index >= 15 is 0 Å². The summed E-state index contributed by atoms with van der Waals surface area (Å²) in [5, 5.41) is 11.1. The molecule has 1 aliphatic rings. The van der Waals surface area contributed by atoms with Crippen molar-refractivity contribution in [3.8, 4) is 0 Å². The van der Waals surface area contributed by atoms with Crippen LogP contribution in [0.15, 0.2) is 17.5 Å². The number of thiophene rings is 1. The van der Waals surface area contributed by atoms with E-state index in [1.807, 2.05) is 23.2 Å². The Labute approximate surface area is 102 Å². The molecule has 0 aliphatic carbocycles. The largest absolute Gasteiger partial charge is 0.478 e. The maximum Gasteiger partial charge on any atom is 0.328 e. The highest BCUT2D eigenvalue weighted by Crippen LogP contribution is 2.27. The lowest BCUT2D eigenvalue weighted by molar-refractivity contribution is -0.131. The van der Waals surface area contributed by atoms with Gasteiger partial charge in [0.05, 0.1) is 18.5 Å². The fraction of sp³-hybridized carbons (Fsp3) is 0.364. The first-order valence-corrected chi connectivity index (χ1v) is 6.84. The number of carbonyl (C=O) groups is 1. The highest BCUT2D eigenvalue weighted by molar-refractivity contribution is 7.99. The maximum atomic E-state index is 10.3. The van der Waals surface area contributed by atoms with Gasteiger partial charge in [-0.2, -0.15) is 0 Å². The topological polar surface area (TPSA) is 46.5 Å². The van der Waals surface area contributed by atoms with Gasteiger partial charge < -0.3 is 9.84 Å². The van der Waals surface area contributed by atoms with Crippen molar-refractivity contribution < 1.29 is 14.6 Å². The molecule has 1 aromatic heterocycles. The third-order valence-corrected chi connectivity index (χ3v) is 4.52. The van der Waals surface area contributed by atoms with Crippen molar-refractivity contribution in [3.05, 3.63) is 28.0 Å². The van der Waals surface area contributed by atoms with Crippen molar-refractivity contribution in [2.75, 3.05) is 13.2 Å². The van der Waals surface area contributed by atoms with E-state index in [4.69, 9.17) is 9.84 Å². The fourth-order valence-corrected chi connectivity index (χ4v) is 3.22. The summed E-state index contributed by atoms with van der Waals surface area (Å²) >= 11 is 3.57. The molecule has 0 atom stereocenters. The van der Waals surface area contributed by atoms with E-state index in [2.05, 4.69) is 0 Å². The number of ether oxygens (including phenoxy) is 1. The van der Waals surface area contributed by atoms with Crippen LogP contribution >= 0.6 is 23.1 Å². The first kappa shape index (κ1) is 11.7. The van der Waals surface area contributed by atoms with Gasteiger partial charge in [0.2, 0.25) is 0 Å². The lowest BCUT2D eigenvalue weighted by atomic mass is 10.3. The molecule has 1 aliphatic heterocycles. The van der Waals surface area contributed by atoms with Gasteiger partial charge in [0.15, 0.2) is 0 Å². The van der Waals surface area contributed by atoms with E-state index in [0.29, 0.717) is 5.25 Å². The Morgan fingerprint density at radius 3 is 3.12 bits per heavy atom. The average Bonchev–Trinajstić information content (AvgIpc) is 2.60. The number of carboxylic acid groups (broad SMARTS) is 1. The molecule has 1 saturated heterocycles. The second-order valence-electron chi connectivity index (χ2n) is 3.49. The number of rotatable bonds is 5. The quantitative estimate of drug-likeness (QED) is 0.822. The SMILES string of the molecule is O=C(O)C=Cc1csc(CSC2COC2)c1. The van der Waals surface area contributed by atoms with Gasteiger partial charge in [-0.05, 0) is 23.1 Å². The number of thioether (sulfide) groups is 1. The standard InChI is InChI=1S/C11H12O3S2/c12-11(13)2-1-8-3-9(15-6-8)7-16-10-4-14-5-10/h1-3,6,10H,4-5,7H2,(H,12,13). The lowest BCUT2D eigenvalue weighted by Crippen LogP contribution is -2.30. The zero-order valence-electron chi connectivity index (χ0n) is 8.59. The minimum atomic E-state index is -0.909. The Morgan fingerprint density at radius 1 is 1.69 bits per heavy atom. The molecule has 3 nitrogen and oxygen atoms in total. The highest BCUT2D eigenvalue weighted by Gasteiger charge is 2.18. The van der Waals surface area contributed by atoms with Crippen LogP contribution in [-0.2, 0) is 15.3 Å². The van der Waals surface area contributed by atoms with Gasteiger partial charge in [-0.3, -0.25) is 0 Å². The van der Waals surface area contributed by atoms with Gasteiger partial charge in [0, 0.05) is 16.7 Å². The Kier molecular flexibility index (Phi) is 4.04. The van der Waals surface area contributed by atoms with Gasteiger partial charge in [-0.25, -0.2) is 4.79 Å². The van der Waals surface area contributed by atoms with Crippen LogP contribution < -0.4 is 0 Å². The molecule has 0 aromatic carbocycles. The molecule has 2 heterocycles. The third kappa shape index (κ3) is 3.37. The molecule has 0 amide bonds. The molecular formula is C11H12O3S2. The van der Waals surface area contributed by atoms with Crippen LogP contribution in [0.4, 0.5) is 0 Å². The van der Waals surface area contributed by atoms with E-state index in [9.17, 15) is 4.79 Å². The fourth-order valence-electron chi connectivity index (χ4n) is 1.24. The molecule has 0 bridgehead atoms. The van der Waals surface area contributed by atoms with Crippen LogP contribution in [0.25, 0.3) is 6.08 Å². The van der Waals surface area contributed by atoms with Crippen molar-refractivity contribution >= 4 is 35.1 Å². The Hall–Kier alpha value is -0.780. The Morgan fingerprint density at radius 2 is 2.50 bits per heavy atom. The minimum absolute atomic E-state index is 0.639. The number of aliphatic carboxylic acids is 1. The number of hydrogen-bond donors (Lipinski definition) is 1. The molecule has 86 valence electrons. The molecule has 0 spiro atoms. The van der Waals surface area contributed by atoms with E-state index < -0.39 is 5.97 Å². The summed E-state index contributed by atoms with van der Waals surface area (Å²) in [6.45, 7) is 1.73. The van der Waals surface area contributed by atoms with Gasteiger partial charge in [-0.15, -0.1) is 23.1 Å². The van der Waals surface area contributed by atoms with Crippen LogP contribution in [0.3, 0.4) is 0 Å². The van der Waals surface area contributed by atoms with E-state index in [0.717, 1.165) is 24.5 Å². The van der Waals surface area contributed by atoms with E-state index in [-0.39, 0.29) is 0 Å². The zero-order valence-corrected chi connectivity index (χ0v) is 10.2. The molecule has 1 aromatic rings. The smallest absolute Gasteiger partial charge is 0.328 e.